The summed E-state index contributed by atoms with van der Waals surface area (Å²) in [5, 5.41) is 3.62. The van der Waals surface area contributed by atoms with Crippen LogP contribution in [0.1, 0.15) is 10.4 Å². The van der Waals surface area contributed by atoms with Crippen LogP contribution < -0.4 is 16.7 Å². The molecule has 1 amide bonds. The fourth-order valence-corrected chi connectivity index (χ4v) is 2.70. The fraction of sp³-hybridized carbons (Fsp3) is 0.0625. The molecule has 0 unspecified atom stereocenters. The monoisotopic (exact) mass is 328 g/mol. The van der Waals surface area contributed by atoms with Crippen LogP contribution in [0, 0.1) is 0 Å². The highest BCUT2D eigenvalue weighted by Gasteiger charge is 2.16. The third-order valence-corrected chi connectivity index (χ3v) is 3.81. The van der Waals surface area contributed by atoms with Crippen LogP contribution in [-0.4, -0.2) is 22.5 Å². The summed E-state index contributed by atoms with van der Waals surface area (Å²) in [7, 11) is 1.65. The summed E-state index contributed by atoms with van der Waals surface area (Å²) in [6.45, 7) is 0. The quantitative estimate of drug-likeness (QED) is 0.771. The lowest BCUT2D eigenvalue weighted by molar-refractivity contribution is 0.100. The van der Waals surface area contributed by atoms with Gasteiger partial charge in [-0.05, 0) is 24.3 Å². The Labute approximate surface area is 136 Å². The second kappa shape index (κ2) is 5.73. The standard InChI is InChI=1S/C16H13ClN4O2/c1-19-15-11-7-10(14(18)22)12(17)8-13(11)21(16(23)20-15)9-5-3-2-4-6-9/h2-8H,1H3,(H2,18,22)(H,19,20,23). The number of aromatic nitrogens is 2. The minimum absolute atomic E-state index is 0.177. The van der Waals surface area contributed by atoms with Crippen LogP contribution >= 0.6 is 11.6 Å². The van der Waals surface area contributed by atoms with E-state index in [1.165, 1.54) is 10.6 Å². The number of fused-ring (bicyclic) bond motifs is 1. The number of nitrogens with zero attached hydrogens (tertiary/aromatic N) is 2. The smallest absolute Gasteiger partial charge is 0.354 e. The molecule has 7 heteroatoms. The number of para-hydroxylation sites is 1. The Morgan fingerprint density at radius 3 is 2.57 bits per heavy atom. The highest BCUT2D eigenvalue weighted by atomic mass is 35.5. The highest BCUT2D eigenvalue weighted by Crippen LogP contribution is 2.28. The van der Waals surface area contributed by atoms with Crippen molar-refractivity contribution < 1.29 is 4.79 Å². The van der Waals surface area contributed by atoms with Gasteiger partial charge >= 0.3 is 5.69 Å². The molecule has 3 rings (SSSR count). The van der Waals surface area contributed by atoms with Gasteiger partial charge in [-0.3, -0.25) is 9.36 Å². The molecular formula is C16H13ClN4O2. The number of rotatable bonds is 3. The summed E-state index contributed by atoms with van der Waals surface area (Å²) < 4.78 is 1.44. The number of hydrogen-bond acceptors (Lipinski definition) is 4. The Hall–Kier alpha value is -2.86. The number of amides is 1. The van der Waals surface area contributed by atoms with Crippen LogP contribution in [-0.2, 0) is 0 Å². The van der Waals surface area contributed by atoms with Gasteiger partial charge in [0.25, 0.3) is 0 Å². The first-order valence-corrected chi connectivity index (χ1v) is 7.20. The van der Waals surface area contributed by atoms with E-state index in [1.54, 1.807) is 25.2 Å². The maximum absolute atomic E-state index is 12.4. The molecule has 0 aliphatic carbocycles. The summed E-state index contributed by atoms with van der Waals surface area (Å²) in [6.07, 6.45) is 0. The zero-order chi connectivity index (χ0) is 16.6. The summed E-state index contributed by atoms with van der Waals surface area (Å²) in [5.41, 5.74) is 6.26. The summed E-state index contributed by atoms with van der Waals surface area (Å²) in [5.74, 6) is -0.284. The van der Waals surface area contributed by atoms with Gasteiger partial charge in [-0.1, -0.05) is 29.8 Å². The van der Waals surface area contributed by atoms with Crippen LogP contribution in [0.5, 0.6) is 0 Å². The van der Waals surface area contributed by atoms with E-state index < -0.39 is 11.6 Å². The van der Waals surface area contributed by atoms with Gasteiger partial charge in [0.15, 0.2) is 0 Å². The third kappa shape index (κ3) is 2.53. The molecule has 6 nitrogen and oxygen atoms in total. The van der Waals surface area contributed by atoms with Crippen LogP contribution in [0.25, 0.3) is 16.6 Å². The predicted molar refractivity (Wildman–Crippen MR) is 90.4 cm³/mol. The maximum Gasteiger partial charge on any atom is 0.354 e. The Kier molecular flexibility index (Phi) is 3.75. The molecule has 0 radical (unpaired) electrons. The van der Waals surface area contributed by atoms with Crippen molar-refractivity contribution in [3.8, 4) is 5.69 Å². The first-order valence-electron chi connectivity index (χ1n) is 6.82. The predicted octanol–water partition coefficient (Wildman–Crippen LogP) is 2.18. The van der Waals surface area contributed by atoms with Gasteiger partial charge in [0.1, 0.15) is 5.82 Å². The first kappa shape index (κ1) is 15.1. The van der Waals surface area contributed by atoms with Gasteiger partial charge in [0.05, 0.1) is 21.8 Å². The number of halogens is 1. The minimum atomic E-state index is -0.642. The van der Waals surface area contributed by atoms with E-state index in [9.17, 15) is 9.59 Å². The third-order valence-electron chi connectivity index (χ3n) is 3.50. The van der Waals surface area contributed by atoms with E-state index in [2.05, 4.69) is 10.3 Å². The summed E-state index contributed by atoms with van der Waals surface area (Å²) in [6, 6.07) is 12.2. The van der Waals surface area contributed by atoms with E-state index >= 15 is 0 Å². The van der Waals surface area contributed by atoms with E-state index in [-0.39, 0.29) is 10.6 Å². The molecule has 0 saturated heterocycles. The summed E-state index contributed by atoms with van der Waals surface area (Å²) >= 11 is 6.15. The largest absolute Gasteiger partial charge is 0.372 e. The molecule has 0 aliphatic heterocycles. The van der Waals surface area contributed by atoms with Gasteiger partial charge in [-0.15, -0.1) is 0 Å². The molecule has 0 atom stereocenters. The number of nitrogens with one attached hydrogen (secondary N) is 1. The molecule has 3 aromatic rings. The van der Waals surface area contributed by atoms with E-state index in [0.717, 1.165) is 0 Å². The molecule has 116 valence electrons. The number of carbonyl (C=O) groups excluding carboxylic acids is 1. The number of anilines is 1. The van der Waals surface area contributed by atoms with E-state index in [0.29, 0.717) is 22.4 Å². The lowest BCUT2D eigenvalue weighted by Gasteiger charge is -2.14. The maximum atomic E-state index is 12.4. The second-order valence-corrected chi connectivity index (χ2v) is 5.28. The Bertz CT molecular complexity index is 967. The topological polar surface area (TPSA) is 90.0 Å². The van der Waals surface area contributed by atoms with Crippen molar-refractivity contribution in [1.29, 1.82) is 0 Å². The van der Waals surface area contributed by atoms with Crippen molar-refractivity contribution >= 4 is 34.2 Å². The van der Waals surface area contributed by atoms with Crippen molar-refractivity contribution in [2.75, 3.05) is 12.4 Å². The zero-order valence-electron chi connectivity index (χ0n) is 12.2. The number of nitrogens with two attached hydrogens (primary N) is 1. The normalized spacial score (nSPS) is 10.7. The van der Waals surface area contributed by atoms with Crippen molar-refractivity contribution in [3.63, 3.8) is 0 Å². The molecule has 1 heterocycles. The van der Waals surface area contributed by atoms with Gasteiger partial charge in [-0.25, -0.2) is 4.79 Å². The van der Waals surface area contributed by atoms with Crippen LogP contribution in [0.15, 0.2) is 47.3 Å². The average Bonchev–Trinajstić information content (AvgIpc) is 2.54. The van der Waals surface area contributed by atoms with Gasteiger partial charge in [0, 0.05) is 12.4 Å². The van der Waals surface area contributed by atoms with E-state index in [4.69, 9.17) is 17.3 Å². The molecule has 2 aromatic carbocycles. The summed E-state index contributed by atoms with van der Waals surface area (Å²) in [4.78, 5) is 28.0. The van der Waals surface area contributed by atoms with Gasteiger partial charge in [0.2, 0.25) is 5.91 Å². The van der Waals surface area contributed by atoms with Gasteiger partial charge in [-0.2, -0.15) is 4.98 Å². The van der Waals surface area contributed by atoms with Crippen molar-refractivity contribution in [3.05, 3.63) is 63.5 Å². The van der Waals surface area contributed by atoms with E-state index in [1.807, 2.05) is 18.2 Å². The minimum Gasteiger partial charge on any atom is -0.372 e. The molecule has 23 heavy (non-hydrogen) atoms. The molecule has 3 N–H and O–H groups in total. The molecule has 0 spiro atoms. The molecule has 0 bridgehead atoms. The zero-order valence-corrected chi connectivity index (χ0v) is 13.0. The molecular weight excluding hydrogens is 316 g/mol. The molecule has 0 fully saturated rings. The Morgan fingerprint density at radius 1 is 1.26 bits per heavy atom. The second-order valence-electron chi connectivity index (χ2n) is 4.88. The van der Waals surface area contributed by atoms with Crippen LogP contribution in [0.2, 0.25) is 5.02 Å². The van der Waals surface area contributed by atoms with Crippen molar-refractivity contribution in [2.45, 2.75) is 0 Å². The van der Waals surface area contributed by atoms with Crippen LogP contribution in [0.4, 0.5) is 5.82 Å². The number of carbonyl (C=O) groups is 1. The first-order chi connectivity index (χ1) is 11.0. The van der Waals surface area contributed by atoms with Crippen LogP contribution in [0.3, 0.4) is 0 Å². The Morgan fingerprint density at radius 2 is 1.96 bits per heavy atom. The van der Waals surface area contributed by atoms with Crippen molar-refractivity contribution in [2.24, 2.45) is 5.73 Å². The number of hydrogen-bond donors (Lipinski definition) is 2. The van der Waals surface area contributed by atoms with Crippen molar-refractivity contribution in [1.82, 2.24) is 9.55 Å². The highest BCUT2D eigenvalue weighted by molar-refractivity contribution is 6.34. The Balaban J connectivity index is 2.47. The number of benzene rings is 2. The fourth-order valence-electron chi connectivity index (χ4n) is 2.45. The molecule has 0 aliphatic rings. The SMILES string of the molecule is CNc1nc(=O)n(-c2ccccc2)c2cc(Cl)c(C(N)=O)cc12. The number of primary amides is 1. The molecule has 0 saturated carbocycles. The lowest BCUT2D eigenvalue weighted by atomic mass is 10.1. The van der Waals surface area contributed by atoms with Gasteiger partial charge < -0.3 is 11.1 Å². The lowest BCUT2D eigenvalue weighted by Crippen LogP contribution is -2.23. The molecule has 1 aromatic heterocycles. The average molecular weight is 329 g/mol.